The van der Waals surface area contributed by atoms with Gasteiger partial charge in [-0.2, -0.15) is 0 Å². The molecule has 0 N–H and O–H groups in total. The minimum absolute atomic E-state index is 0.158. The third-order valence-corrected chi connectivity index (χ3v) is 5.10. The molecule has 4 aliphatic carbocycles. The zero-order valence-corrected chi connectivity index (χ0v) is 11.4. The van der Waals surface area contributed by atoms with Gasteiger partial charge in [0.2, 0.25) is 0 Å². The van der Waals surface area contributed by atoms with Gasteiger partial charge in [0.1, 0.15) is 11.6 Å². The fourth-order valence-corrected chi connectivity index (χ4v) is 4.77. The second-order valence-corrected chi connectivity index (χ2v) is 6.79. The van der Waals surface area contributed by atoms with Crippen molar-refractivity contribution in [1.29, 1.82) is 0 Å². The number of esters is 1. The summed E-state index contributed by atoms with van der Waals surface area (Å²) in [5.41, 5.74) is -0.323. The maximum Gasteiger partial charge on any atom is 0.306 e. The van der Waals surface area contributed by atoms with E-state index in [9.17, 15) is 19.5 Å². The minimum Gasteiger partial charge on any atom is -0.542 e. The monoisotopic (exact) mass is 279 g/mol. The topological polar surface area (TPSA) is 83.5 Å². The lowest BCUT2D eigenvalue weighted by atomic mass is 9.54. The highest BCUT2D eigenvalue weighted by molar-refractivity contribution is 6.31. The first-order valence-electron chi connectivity index (χ1n) is 7.42. The number of carboxylic acids is 1. The normalized spacial score (nSPS) is 37.7. The van der Waals surface area contributed by atoms with Crippen molar-refractivity contribution >= 4 is 17.7 Å². The Morgan fingerprint density at radius 1 is 0.950 bits per heavy atom. The molecule has 5 heteroatoms. The second-order valence-electron chi connectivity index (χ2n) is 6.79. The van der Waals surface area contributed by atoms with Gasteiger partial charge in [-0.25, -0.2) is 0 Å². The molecule has 4 bridgehead atoms. The highest BCUT2D eigenvalue weighted by Crippen LogP contribution is 2.57. The Hall–Kier alpha value is -1.39. The summed E-state index contributed by atoms with van der Waals surface area (Å²) < 4.78 is 5.68. The molecule has 0 aromatic heterocycles. The van der Waals surface area contributed by atoms with Gasteiger partial charge in [-0.05, 0) is 56.3 Å². The van der Waals surface area contributed by atoms with Crippen molar-refractivity contribution in [3.8, 4) is 0 Å². The van der Waals surface area contributed by atoms with E-state index < -0.39 is 17.7 Å². The molecule has 0 aromatic rings. The van der Waals surface area contributed by atoms with Crippen LogP contribution in [0, 0.1) is 17.8 Å². The van der Waals surface area contributed by atoms with Gasteiger partial charge in [0.25, 0.3) is 0 Å². The number of rotatable bonds is 5. The molecule has 0 unspecified atom stereocenters. The van der Waals surface area contributed by atoms with Crippen LogP contribution < -0.4 is 5.11 Å². The van der Waals surface area contributed by atoms with E-state index in [1.165, 1.54) is 19.3 Å². The third-order valence-electron chi connectivity index (χ3n) is 5.10. The maximum absolute atomic E-state index is 11.9. The molecule has 0 aliphatic heterocycles. The summed E-state index contributed by atoms with van der Waals surface area (Å²) in [6.07, 6.45) is 6.14. The Balaban J connectivity index is 1.56. The number of Topliss-reactive ketones (excluding diaryl/α,β-unsaturated/α-hetero) is 1. The fraction of sp³-hybridized carbons (Fsp3) is 0.800. The molecule has 110 valence electrons. The van der Waals surface area contributed by atoms with Crippen LogP contribution in [-0.4, -0.2) is 23.3 Å². The van der Waals surface area contributed by atoms with Crippen molar-refractivity contribution in [3.05, 3.63) is 0 Å². The van der Waals surface area contributed by atoms with Gasteiger partial charge in [0.15, 0.2) is 5.78 Å². The van der Waals surface area contributed by atoms with E-state index in [2.05, 4.69) is 0 Å². The summed E-state index contributed by atoms with van der Waals surface area (Å²) >= 11 is 0. The van der Waals surface area contributed by atoms with Crippen LogP contribution in [0.3, 0.4) is 0 Å². The van der Waals surface area contributed by atoms with E-state index in [-0.39, 0.29) is 18.4 Å². The van der Waals surface area contributed by atoms with Crippen molar-refractivity contribution in [2.75, 3.05) is 0 Å². The number of hydrogen-bond donors (Lipinski definition) is 0. The van der Waals surface area contributed by atoms with Crippen LogP contribution in [0.4, 0.5) is 0 Å². The second kappa shape index (κ2) is 4.86. The van der Waals surface area contributed by atoms with Gasteiger partial charge >= 0.3 is 5.97 Å². The van der Waals surface area contributed by atoms with Crippen molar-refractivity contribution in [2.45, 2.75) is 57.0 Å². The molecule has 20 heavy (non-hydrogen) atoms. The third kappa shape index (κ3) is 2.58. The van der Waals surface area contributed by atoms with E-state index in [0.717, 1.165) is 19.3 Å². The van der Waals surface area contributed by atoms with E-state index in [1.54, 1.807) is 0 Å². The molecule has 0 spiro atoms. The van der Waals surface area contributed by atoms with Crippen LogP contribution in [0.25, 0.3) is 0 Å². The largest absolute Gasteiger partial charge is 0.542 e. The minimum atomic E-state index is -1.73. The van der Waals surface area contributed by atoms with Gasteiger partial charge in [-0.3, -0.25) is 9.59 Å². The zero-order chi connectivity index (χ0) is 14.3. The standard InChI is InChI=1S/C15H20O5/c16-12(14(18)19)1-2-13(17)20-15-6-9-3-10(7-15)5-11(4-9)8-15/h9-11H,1-8H2,(H,18,19)/p-1. The molecule has 4 rings (SSSR count). The van der Waals surface area contributed by atoms with Crippen LogP contribution >= 0.6 is 0 Å². The number of carbonyl (C=O) groups excluding carboxylic acids is 3. The molecule has 5 nitrogen and oxygen atoms in total. The summed E-state index contributed by atoms with van der Waals surface area (Å²) in [5, 5.41) is 10.3. The number of ether oxygens (including phenoxy) is 1. The lowest BCUT2D eigenvalue weighted by Crippen LogP contribution is -2.52. The zero-order valence-electron chi connectivity index (χ0n) is 11.4. The molecule has 0 atom stereocenters. The van der Waals surface area contributed by atoms with Crippen LogP contribution in [0.15, 0.2) is 0 Å². The molecular weight excluding hydrogens is 260 g/mol. The summed E-state index contributed by atoms with van der Waals surface area (Å²) in [7, 11) is 0. The Bertz CT molecular complexity index is 418. The molecule has 4 aliphatic rings. The summed E-state index contributed by atoms with van der Waals surface area (Å²) in [6.45, 7) is 0. The van der Waals surface area contributed by atoms with E-state index in [1.807, 2.05) is 0 Å². The Morgan fingerprint density at radius 2 is 1.45 bits per heavy atom. The Labute approximate surface area is 117 Å². The lowest BCUT2D eigenvalue weighted by molar-refractivity contribution is -0.300. The number of carbonyl (C=O) groups is 3. The molecule has 4 fully saturated rings. The predicted molar refractivity (Wildman–Crippen MR) is 66.2 cm³/mol. The van der Waals surface area contributed by atoms with Crippen molar-refractivity contribution in [3.63, 3.8) is 0 Å². The molecule has 0 saturated heterocycles. The molecule has 0 aromatic carbocycles. The molecule has 0 heterocycles. The number of ketones is 1. The smallest absolute Gasteiger partial charge is 0.306 e. The molecular formula is C15H19O5-. The van der Waals surface area contributed by atoms with E-state index in [0.29, 0.717) is 17.8 Å². The first-order valence-corrected chi connectivity index (χ1v) is 7.42. The summed E-state index contributed by atoms with van der Waals surface area (Å²) in [5.74, 6) is -1.17. The van der Waals surface area contributed by atoms with Crippen LogP contribution in [0.2, 0.25) is 0 Å². The number of carboxylic acid groups (broad SMARTS) is 1. The first kappa shape index (κ1) is 13.6. The highest BCUT2D eigenvalue weighted by Gasteiger charge is 2.53. The first-order chi connectivity index (χ1) is 9.46. The molecule has 0 amide bonds. The van der Waals surface area contributed by atoms with Gasteiger partial charge in [-0.1, -0.05) is 0 Å². The van der Waals surface area contributed by atoms with Gasteiger partial charge < -0.3 is 14.6 Å². The Morgan fingerprint density at radius 3 is 1.90 bits per heavy atom. The highest BCUT2D eigenvalue weighted by atomic mass is 16.6. The fourth-order valence-electron chi connectivity index (χ4n) is 4.77. The number of hydrogen-bond acceptors (Lipinski definition) is 5. The van der Waals surface area contributed by atoms with Crippen molar-refractivity contribution in [1.82, 2.24) is 0 Å². The van der Waals surface area contributed by atoms with Gasteiger partial charge in [-0.15, -0.1) is 0 Å². The summed E-state index contributed by atoms with van der Waals surface area (Å²) in [6, 6.07) is 0. The van der Waals surface area contributed by atoms with Crippen LogP contribution in [0.5, 0.6) is 0 Å². The molecule has 4 saturated carbocycles. The summed E-state index contributed by atoms with van der Waals surface area (Å²) in [4.78, 5) is 33.1. The van der Waals surface area contributed by atoms with Crippen molar-refractivity contribution < 1.29 is 24.2 Å². The van der Waals surface area contributed by atoms with E-state index >= 15 is 0 Å². The van der Waals surface area contributed by atoms with Crippen LogP contribution in [0.1, 0.15) is 51.4 Å². The average molecular weight is 279 g/mol. The van der Waals surface area contributed by atoms with E-state index in [4.69, 9.17) is 4.74 Å². The van der Waals surface area contributed by atoms with Gasteiger partial charge in [0, 0.05) is 6.42 Å². The van der Waals surface area contributed by atoms with Crippen LogP contribution in [-0.2, 0) is 19.1 Å². The maximum atomic E-state index is 11.9. The number of aliphatic carboxylic acids is 1. The van der Waals surface area contributed by atoms with Crippen molar-refractivity contribution in [2.24, 2.45) is 17.8 Å². The lowest BCUT2D eigenvalue weighted by Gasteiger charge is -2.55. The Kier molecular flexibility index (Phi) is 3.30. The SMILES string of the molecule is O=C(CCC(=O)C(=O)[O-])OC12CC3CC(CC(C3)C1)C2. The molecule has 0 radical (unpaired) electrons. The quantitative estimate of drug-likeness (QED) is 0.543. The predicted octanol–water partition coefficient (Wildman–Crippen LogP) is 0.598. The average Bonchev–Trinajstić information content (AvgIpc) is 2.33. The van der Waals surface area contributed by atoms with Gasteiger partial charge in [0.05, 0.1) is 6.42 Å².